The molecule has 0 aliphatic carbocycles. The average molecular weight is 369 g/mol. The van der Waals surface area contributed by atoms with Gasteiger partial charge in [-0.2, -0.15) is 0 Å². The van der Waals surface area contributed by atoms with E-state index in [4.69, 9.17) is 13.9 Å². The minimum absolute atomic E-state index is 0.160. The molecule has 3 aromatic rings. The highest BCUT2D eigenvalue weighted by atomic mass is 19.1. The van der Waals surface area contributed by atoms with Gasteiger partial charge in [-0.15, -0.1) is 0 Å². The lowest BCUT2D eigenvalue weighted by molar-refractivity contribution is 0.0907. The minimum Gasteiger partial charge on any atom is -0.493 e. The molecule has 3 rings (SSSR count). The number of nitrogens with one attached hydrogen (secondary N) is 1. The molecule has 5 nitrogen and oxygen atoms in total. The summed E-state index contributed by atoms with van der Waals surface area (Å²) < 4.78 is 29.8. The van der Waals surface area contributed by atoms with Crippen LogP contribution in [0.4, 0.5) is 4.39 Å². The van der Waals surface area contributed by atoms with E-state index in [1.165, 1.54) is 12.1 Å². The molecule has 1 heterocycles. The zero-order valence-corrected chi connectivity index (χ0v) is 15.1. The lowest BCUT2D eigenvalue weighted by Crippen LogP contribution is -2.26. The van der Waals surface area contributed by atoms with Crippen LogP contribution >= 0.6 is 0 Å². The van der Waals surface area contributed by atoms with Crippen LogP contribution in [0.1, 0.15) is 34.8 Å². The van der Waals surface area contributed by atoms with E-state index in [2.05, 4.69) is 5.32 Å². The van der Waals surface area contributed by atoms with E-state index in [-0.39, 0.29) is 30.1 Å². The number of furan rings is 1. The number of hydrogen-bond acceptors (Lipinski definition) is 4. The maximum absolute atomic E-state index is 13.3. The Hall–Kier alpha value is -3.28. The van der Waals surface area contributed by atoms with E-state index < -0.39 is 0 Å². The van der Waals surface area contributed by atoms with Gasteiger partial charge >= 0.3 is 0 Å². The van der Waals surface area contributed by atoms with Crippen molar-refractivity contribution in [3.05, 3.63) is 83.6 Å². The SMILES string of the molecule is COc1ccccc1OCc1ccc(C(=O)NC(C)c2cccc(F)c2)o1. The fourth-order valence-electron chi connectivity index (χ4n) is 2.59. The van der Waals surface area contributed by atoms with Gasteiger partial charge in [-0.25, -0.2) is 4.39 Å². The van der Waals surface area contributed by atoms with Gasteiger partial charge in [0.25, 0.3) is 5.91 Å². The molecule has 0 bridgehead atoms. The van der Waals surface area contributed by atoms with Crippen LogP contribution in [0, 0.1) is 5.82 Å². The number of benzene rings is 2. The average Bonchev–Trinajstić information content (AvgIpc) is 3.15. The maximum atomic E-state index is 13.3. The molecule has 0 spiro atoms. The molecule has 0 fully saturated rings. The number of carbonyl (C=O) groups is 1. The molecule has 0 aliphatic rings. The van der Waals surface area contributed by atoms with Gasteiger partial charge in [0.05, 0.1) is 13.2 Å². The van der Waals surface area contributed by atoms with Crippen LogP contribution in [0.3, 0.4) is 0 Å². The van der Waals surface area contributed by atoms with E-state index in [0.29, 0.717) is 22.8 Å². The van der Waals surface area contributed by atoms with Crippen molar-refractivity contribution in [3.63, 3.8) is 0 Å². The topological polar surface area (TPSA) is 60.7 Å². The summed E-state index contributed by atoms with van der Waals surface area (Å²) in [5.41, 5.74) is 0.676. The molecule has 0 saturated heterocycles. The maximum Gasteiger partial charge on any atom is 0.287 e. The smallest absolute Gasteiger partial charge is 0.287 e. The highest BCUT2D eigenvalue weighted by Gasteiger charge is 2.16. The standard InChI is InChI=1S/C21H20FNO4/c1-14(15-6-5-7-16(22)12-15)23-21(24)20-11-10-17(27-20)13-26-19-9-4-3-8-18(19)25-2/h3-12,14H,13H2,1-2H3,(H,23,24). The Labute approximate surface area is 156 Å². The molecule has 0 radical (unpaired) electrons. The van der Waals surface area contributed by atoms with Crippen LogP contribution in [-0.4, -0.2) is 13.0 Å². The third-order valence-electron chi connectivity index (χ3n) is 4.02. The Morgan fingerprint density at radius 2 is 1.89 bits per heavy atom. The van der Waals surface area contributed by atoms with Crippen molar-refractivity contribution in [3.8, 4) is 11.5 Å². The monoisotopic (exact) mass is 369 g/mol. The molecule has 27 heavy (non-hydrogen) atoms. The van der Waals surface area contributed by atoms with E-state index in [9.17, 15) is 9.18 Å². The van der Waals surface area contributed by atoms with Gasteiger partial charge < -0.3 is 19.2 Å². The van der Waals surface area contributed by atoms with Crippen molar-refractivity contribution in [2.75, 3.05) is 7.11 Å². The summed E-state index contributed by atoms with van der Waals surface area (Å²) in [6, 6.07) is 16.3. The molecule has 0 saturated carbocycles. The molecule has 1 atom stereocenters. The third-order valence-corrected chi connectivity index (χ3v) is 4.02. The van der Waals surface area contributed by atoms with Crippen molar-refractivity contribution in [2.45, 2.75) is 19.6 Å². The number of methoxy groups -OCH3 is 1. The van der Waals surface area contributed by atoms with Crippen molar-refractivity contribution >= 4 is 5.91 Å². The molecule has 1 amide bonds. The number of amides is 1. The normalized spacial score (nSPS) is 11.7. The lowest BCUT2D eigenvalue weighted by Gasteiger charge is -2.13. The first kappa shape index (κ1) is 18.5. The fraction of sp³-hybridized carbons (Fsp3) is 0.190. The Morgan fingerprint density at radius 1 is 1.11 bits per heavy atom. The second-order valence-electron chi connectivity index (χ2n) is 5.96. The summed E-state index contributed by atoms with van der Waals surface area (Å²) in [7, 11) is 1.57. The van der Waals surface area contributed by atoms with Gasteiger partial charge in [0.15, 0.2) is 17.3 Å². The Morgan fingerprint density at radius 3 is 2.63 bits per heavy atom. The highest BCUT2D eigenvalue weighted by molar-refractivity contribution is 5.91. The predicted octanol–water partition coefficient (Wildman–Crippen LogP) is 4.50. The number of hydrogen-bond donors (Lipinski definition) is 1. The molecule has 0 aliphatic heterocycles. The van der Waals surface area contributed by atoms with Crippen molar-refractivity contribution in [2.24, 2.45) is 0 Å². The fourth-order valence-corrected chi connectivity index (χ4v) is 2.59. The molecule has 1 N–H and O–H groups in total. The Balaban J connectivity index is 1.60. The summed E-state index contributed by atoms with van der Waals surface area (Å²) in [5, 5.41) is 2.78. The number of carbonyl (C=O) groups excluding carboxylic acids is 1. The van der Waals surface area contributed by atoms with Crippen LogP contribution in [0.15, 0.2) is 65.1 Å². The lowest BCUT2D eigenvalue weighted by atomic mass is 10.1. The van der Waals surface area contributed by atoms with Gasteiger partial charge in [-0.05, 0) is 48.9 Å². The van der Waals surface area contributed by atoms with Gasteiger partial charge in [0.2, 0.25) is 0 Å². The van der Waals surface area contributed by atoms with Crippen molar-refractivity contribution in [1.29, 1.82) is 0 Å². The van der Waals surface area contributed by atoms with Crippen LogP contribution in [0.25, 0.3) is 0 Å². The summed E-state index contributed by atoms with van der Waals surface area (Å²) in [6.07, 6.45) is 0. The number of para-hydroxylation sites is 2. The van der Waals surface area contributed by atoms with E-state index in [0.717, 1.165) is 0 Å². The molecular formula is C21H20FNO4. The van der Waals surface area contributed by atoms with Crippen molar-refractivity contribution in [1.82, 2.24) is 5.32 Å². The predicted molar refractivity (Wildman–Crippen MR) is 98.3 cm³/mol. The number of rotatable bonds is 7. The van der Waals surface area contributed by atoms with Gasteiger partial charge in [-0.1, -0.05) is 24.3 Å². The first-order chi connectivity index (χ1) is 13.1. The molecule has 1 unspecified atom stereocenters. The van der Waals surface area contributed by atoms with Crippen LogP contribution in [-0.2, 0) is 6.61 Å². The first-order valence-electron chi connectivity index (χ1n) is 8.47. The minimum atomic E-state index is -0.379. The first-order valence-corrected chi connectivity index (χ1v) is 8.47. The zero-order valence-electron chi connectivity index (χ0n) is 15.1. The van der Waals surface area contributed by atoms with Crippen LogP contribution in [0.5, 0.6) is 11.5 Å². The van der Waals surface area contributed by atoms with Gasteiger partial charge in [0.1, 0.15) is 18.2 Å². The third kappa shape index (κ3) is 4.67. The molecular weight excluding hydrogens is 349 g/mol. The second kappa shape index (κ2) is 8.40. The molecule has 2 aromatic carbocycles. The molecule has 140 valence electrons. The quantitative estimate of drug-likeness (QED) is 0.666. The Kier molecular flexibility index (Phi) is 5.76. The summed E-state index contributed by atoms with van der Waals surface area (Å²) >= 11 is 0. The number of halogens is 1. The molecule has 6 heteroatoms. The van der Waals surface area contributed by atoms with E-state index in [1.807, 2.05) is 12.1 Å². The van der Waals surface area contributed by atoms with E-state index in [1.54, 1.807) is 50.4 Å². The van der Waals surface area contributed by atoms with Gasteiger partial charge in [-0.3, -0.25) is 4.79 Å². The second-order valence-corrected chi connectivity index (χ2v) is 5.96. The van der Waals surface area contributed by atoms with Crippen molar-refractivity contribution < 1.29 is 23.1 Å². The Bertz CT molecular complexity index is 922. The summed E-state index contributed by atoms with van der Waals surface area (Å²) in [4.78, 5) is 12.3. The summed E-state index contributed by atoms with van der Waals surface area (Å²) in [6.45, 7) is 1.94. The molecule has 1 aromatic heterocycles. The van der Waals surface area contributed by atoms with E-state index >= 15 is 0 Å². The zero-order chi connectivity index (χ0) is 19.2. The van der Waals surface area contributed by atoms with Crippen LogP contribution < -0.4 is 14.8 Å². The highest BCUT2D eigenvalue weighted by Crippen LogP contribution is 2.27. The van der Waals surface area contributed by atoms with Gasteiger partial charge in [0, 0.05) is 0 Å². The number of ether oxygens (including phenoxy) is 2. The summed E-state index contributed by atoms with van der Waals surface area (Å²) in [5.74, 6) is 1.15. The van der Waals surface area contributed by atoms with Crippen LogP contribution in [0.2, 0.25) is 0 Å². The largest absolute Gasteiger partial charge is 0.493 e.